The molecule has 0 amide bonds. The van der Waals surface area contributed by atoms with Gasteiger partial charge < -0.3 is 0 Å². The third kappa shape index (κ3) is 9.55. The maximum absolute atomic E-state index is 10.3. The van der Waals surface area contributed by atoms with E-state index in [1.165, 1.54) is 0 Å². The number of unbranched alkanes of at least 4 members (excludes halogenated alkanes) is 1. The summed E-state index contributed by atoms with van der Waals surface area (Å²) in [6.45, 7) is 0.322. The van der Waals surface area contributed by atoms with E-state index in [2.05, 4.69) is 10.0 Å². The molecule has 0 fully saturated rings. The van der Waals surface area contributed by atoms with E-state index in [1.54, 1.807) is 0 Å². The van der Waals surface area contributed by atoms with Crippen LogP contribution in [0.25, 0.3) is 10.4 Å². The highest BCUT2D eigenvalue weighted by Crippen LogP contribution is 2.01. The number of nitrogens with zero attached hydrogens (tertiary/aromatic N) is 3. The summed E-state index contributed by atoms with van der Waals surface area (Å²) in [5.41, 5.74) is 7.84. The second kappa shape index (κ2) is 5.23. The van der Waals surface area contributed by atoms with Gasteiger partial charge in [-0.25, -0.2) is 8.42 Å². The van der Waals surface area contributed by atoms with Gasteiger partial charge in [0.2, 0.25) is 9.05 Å². The van der Waals surface area contributed by atoms with Crippen LogP contribution in [0, 0.1) is 0 Å². The Labute approximate surface area is 69.4 Å². The minimum absolute atomic E-state index is 0.0600. The fraction of sp³-hybridized carbons (Fsp3) is 1.00. The van der Waals surface area contributed by atoms with Crippen molar-refractivity contribution < 1.29 is 8.42 Å². The molecule has 0 aliphatic carbocycles. The van der Waals surface area contributed by atoms with Gasteiger partial charge in [-0.05, 0) is 18.4 Å². The van der Waals surface area contributed by atoms with Gasteiger partial charge in [0.15, 0.2) is 0 Å². The van der Waals surface area contributed by atoms with E-state index in [1.807, 2.05) is 0 Å². The van der Waals surface area contributed by atoms with E-state index in [0.717, 1.165) is 0 Å². The third-order valence-corrected chi connectivity index (χ3v) is 2.20. The Hall–Kier alpha value is -0.450. The lowest BCUT2D eigenvalue weighted by Gasteiger charge is -1.92. The summed E-state index contributed by atoms with van der Waals surface area (Å²) >= 11 is 0. The standard InChI is InChI=1S/C4H8ClN3O2S/c5-11(9,10)4-2-1-3-7-8-6/h1-4H2. The molecule has 0 aromatic carbocycles. The molecule has 0 N–H and O–H groups in total. The van der Waals surface area contributed by atoms with Crippen LogP contribution in [0.2, 0.25) is 0 Å². The second-order valence-corrected chi connectivity index (χ2v) is 4.80. The van der Waals surface area contributed by atoms with Crippen molar-refractivity contribution in [3.8, 4) is 0 Å². The first-order valence-electron chi connectivity index (χ1n) is 2.99. The highest BCUT2D eigenvalue weighted by molar-refractivity contribution is 8.13. The second-order valence-electron chi connectivity index (χ2n) is 1.90. The zero-order valence-corrected chi connectivity index (χ0v) is 7.35. The van der Waals surface area contributed by atoms with Crippen LogP contribution < -0.4 is 0 Å². The van der Waals surface area contributed by atoms with E-state index < -0.39 is 9.05 Å². The molecule has 5 nitrogen and oxygen atoms in total. The third-order valence-electron chi connectivity index (χ3n) is 0.960. The van der Waals surface area contributed by atoms with Gasteiger partial charge in [0.1, 0.15) is 0 Å². The predicted octanol–water partition coefficient (Wildman–Crippen LogP) is 1.65. The highest BCUT2D eigenvalue weighted by atomic mass is 35.7. The maximum atomic E-state index is 10.3. The van der Waals surface area contributed by atoms with E-state index in [4.69, 9.17) is 16.2 Å². The van der Waals surface area contributed by atoms with Crippen LogP contribution in [0.1, 0.15) is 12.8 Å². The zero-order valence-electron chi connectivity index (χ0n) is 5.77. The summed E-state index contributed by atoms with van der Waals surface area (Å²) in [5, 5.41) is 3.23. The molecule has 0 saturated heterocycles. The lowest BCUT2D eigenvalue weighted by molar-refractivity contribution is 0.605. The minimum Gasteiger partial charge on any atom is -0.212 e. The van der Waals surface area contributed by atoms with Crippen LogP contribution in [0.5, 0.6) is 0 Å². The molecular formula is C4H8ClN3O2S. The normalized spacial score (nSPS) is 10.6. The van der Waals surface area contributed by atoms with E-state index in [0.29, 0.717) is 19.4 Å². The van der Waals surface area contributed by atoms with E-state index in [-0.39, 0.29) is 5.75 Å². The minimum atomic E-state index is -3.37. The monoisotopic (exact) mass is 197 g/mol. The maximum Gasteiger partial charge on any atom is 0.232 e. The number of hydrogen-bond donors (Lipinski definition) is 0. The van der Waals surface area contributed by atoms with Crippen LogP contribution in [0.15, 0.2) is 5.11 Å². The van der Waals surface area contributed by atoms with Gasteiger partial charge in [-0.3, -0.25) is 0 Å². The largest absolute Gasteiger partial charge is 0.232 e. The summed E-state index contributed by atoms with van der Waals surface area (Å²) in [5.74, 6) is -0.0600. The van der Waals surface area contributed by atoms with Crippen molar-refractivity contribution >= 4 is 19.7 Å². The SMILES string of the molecule is [N-]=[N+]=NCCCCS(=O)(=O)Cl. The molecule has 0 aliphatic rings. The first-order chi connectivity index (χ1) is 5.06. The molecule has 0 aromatic heterocycles. The Bertz CT molecular complexity index is 244. The Kier molecular flexibility index (Phi) is 5.02. The fourth-order valence-corrected chi connectivity index (χ4v) is 1.38. The summed E-state index contributed by atoms with van der Waals surface area (Å²) in [4.78, 5) is 2.51. The van der Waals surface area contributed by atoms with E-state index in [9.17, 15) is 8.42 Å². The molecule has 0 bridgehead atoms. The zero-order chi connectivity index (χ0) is 8.74. The molecule has 0 saturated carbocycles. The Morgan fingerprint density at radius 2 is 2.09 bits per heavy atom. The van der Waals surface area contributed by atoms with Crippen LogP contribution in [-0.2, 0) is 9.05 Å². The molecule has 0 radical (unpaired) electrons. The Balaban J connectivity index is 3.36. The van der Waals surface area contributed by atoms with Gasteiger partial charge in [0.25, 0.3) is 0 Å². The van der Waals surface area contributed by atoms with Crippen molar-refractivity contribution in [1.29, 1.82) is 0 Å². The average Bonchev–Trinajstić information content (AvgIpc) is 1.85. The van der Waals surface area contributed by atoms with Crippen molar-refractivity contribution in [2.45, 2.75) is 12.8 Å². The Morgan fingerprint density at radius 3 is 2.55 bits per heavy atom. The lowest BCUT2D eigenvalue weighted by atomic mass is 10.3. The average molecular weight is 198 g/mol. The quantitative estimate of drug-likeness (QED) is 0.221. The van der Waals surface area contributed by atoms with E-state index >= 15 is 0 Å². The van der Waals surface area contributed by atoms with Crippen LogP contribution in [-0.4, -0.2) is 20.7 Å². The van der Waals surface area contributed by atoms with Crippen LogP contribution in [0.4, 0.5) is 0 Å². The van der Waals surface area contributed by atoms with Gasteiger partial charge in [-0.15, -0.1) is 0 Å². The molecule has 0 aliphatic heterocycles. The number of rotatable bonds is 5. The number of azide groups is 1. The van der Waals surface area contributed by atoms with Crippen molar-refractivity contribution in [1.82, 2.24) is 0 Å². The summed E-state index contributed by atoms with van der Waals surface area (Å²) < 4.78 is 20.7. The molecule has 64 valence electrons. The first-order valence-corrected chi connectivity index (χ1v) is 5.47. The molecular weight excluding hydrogens is 190 g/mol. The van der Waals surface area contributed by atoms with Crippen LogP contribution >= 0.6 is 10.7 Å². The molecule has 0 spiro atoms. The van der Waals surface area contributed by atoms with Crippen molar-refractivity contribution in [2.24, 2.45) is 5.11 Å². The topological polar surface area (TPSA) is 82.9 Å². The van der Waals surface area contributed by atoms with Crippen molar-refractivity contribution in [3.63, 3.8) is 0 Å². The van der Waals surface area contributed by atoms with Crippen molar-refractivity contribution in [3.05, 3.63) is 10.4 Å². The molecule has 7 heteroatoms. The molecule has 0 rings (SSSR count). The van der Waals surface area contributed by atoms with Gasteiger partial charge >= 0.3 is 0 Å². The summed E-state index contributed by atoms with van der Waals surface area (Å²) in [6, 6.07) is 0. The van der Waals surface area contributed by atoms with Gasteiger partial charge in [0.05, 0.1) is 5.75 Å². The summed E-state index contributed by atoms with van der Waals surface area (Å²) in [7, 11) is 1.54. The first kappa shape index (κ1) is 10.6. The Morgan fingerprint density at radius 1 is 1.45 bits per heavy atom. The molecule has 11 heavy (non-hydrogen) atoms. The highest BCUT2D eigenvalue weighted by Gasteiger charge is 2.02. The van der Waals surface area contributed by atoms with Gasteiger partial charge in [-0.1, -0.05) is 5.11 Å². The molecule has 0 atom stereocenters. The fourth-order valence-electron chi connectivity index (χ4n) is 0.502. The van der Waals surface area contributed by atoms with Gasteiger partial charge in [0, 0.05) is 22.1 Å². The smallest absolute Gasteiger partial charge is 0.212 e. The number of halogens is 1. The van der Waals surface area contributed by atoms with Crippen LogP contribution in [0.3, 0.4) is 0 Å². The number of hydrogen-bond acceptors (Lipinski definition) is 3. The van der Waals surface area contributed by atoms with Crippen molar-refractivity contribution in [2.75, 3.05) is 12.3 Å². The van der Waals surface area contributed by atoms with Gasteiger partial charge in [-0.2, -0.15) is 0 Å². The molecule has 0 unspecified atom stereocenters. The molecule has 0 heterocycles. The predicted molar refractivity (Wildman–Crippen MR) is 42.9 cm³/mol. The molecule has 0 aromatic rings. The summed E-state index contributed by atoms with van der Waals surface area (Å²) in [6.07, 6.45) is 0.987. The lowest BCUT2D eigenvalue weighted by Crippen LogP contribution is -1.97.